The Kier molecular flexibility index (Phi) is 7.57. The predicted molar refractivity (Wildman–Crippen MR) is 194 cm³/mol. The minimum atomic E-state index is -0.210. The van der Waals surface area contributed by atoms with Gasteiger partial charge in [0.1, 0.15) is 0 Å². The zero-order chi connectivity index (χ0) is 35.8. The van der Waals surface area contributed by atoms with Crippen LogP contribution in [0.15, 0.2) is 35.5 Å². The number of hydrogen-bond acceptors (Lipinski definition) is 6. The van der Waals surface area contributed by atoms with Gasteiger partial charge in [-0.15, -0.1) is 0 Å². The van der Waals surface area contributed by atoms with E-state index in [9.17, 15) is 19.2 Å². The van der Waals surface area contributed by atoms with Gasteiger partial charge < -0.3 is 9.47 Å². The van der Waals surface area contributed by atoms with E-state index in [0.29, 0.717) is 60.4 Å². The lowest BCUT2D eigenvalue weighted by Crippen LogP contribution is -2.55. The van der Waals surface area contributed by atoms with E-state index in [4.69, 9.17) is 9.47 Å². The maximum absolute atomic E-state index is 12.8. The van der Waals surface area contributed by atoms with E-state index >= 15 is 0 Å². The molecule has 0 aromatic rings. The minimum absolute atomic E-state index is 0.0457. The van der Waals surface area contributed by atoms with Crippen LogP contribution in [0.4, 0.5) is 0 Å². The average molecular weight is 697 g/mol. The lowest BCUT2D eigenvalue weighted by molar-refractivity contribution is -0.158. The highest BCUT2D eigenvalue weighted by atomic mass is 16.5. The molecule has 6 heteroatoms. The second-order valence-electron chi connectivity index (χ2n) is 20.1. The molecule has 0 radical (unpaired) electrons. The molecule has 8 aliphatic carbocycles. The van der Waals surface area contributed by atoms with Gasteiger partial charge in [-0.2, -0.15) is 0 Å². The molecule has 13 atom stereocenters. The third-order valence-corrected chi connectivity index (χ3v) is 18.9. The van der Waals surface area contributed by atoms with Crippen molar-refractivity contribution in [3.63, 3.8) is 0 Å². The molecule has 2 aliphatic heterocycles. The van der Waals surface area contributed by atoms with E-state index < -0.39 is 0 Å². The minimum Gasteiger partial charge on any atom is -0.465 e. The van der Waals surface area contributed by atoms with Gasteiger partial charge in [-0.1, -0.05) is 51.8 Å². The number of fused-ring (bicyclic) bond motifs is 12. The molecule has 2 spiro atoms. The van der Waals surface area contributed by atoms with Crippen molar-refractivity contribution >= 4 is 23.5 Å². The highest BCUT2D eigenvalue weighted by Crippen LogP contribution is 2.73. The van der Waals surface area contributed by atoms with Gasteiger partial charge in [0.15, 0.2) is 11.6 Å². The largest absolute Gasteiger partial charge is 0.465 e. The average Bonchev–Trinajstić information content (AvgIpc) is 3.84. The van der Waals surface area contributed by atoms with Crippen molar-refractivity contribution in [1.82, 2.24) is 0 Å². The summed E-state index contributed by atoms with van der Waals surface area (Å²) < 4.78 is 11.0. The molecule has 10 aliphatic rings. The SMILES string of the molecule is CC12C=CC(=O)C=C1CCC1C2CCC2(C)C1CC[C@@]21CCOC1=O.C[C@@H]1CC2=CC(=O)CCC2(C)C2CCC3(C)C(CC[C@@]34CCOC4=O)C21. The molecule has 6 saturated carbocycles. The maximum Gasteiger partial charge on any atom is 0.312 e. The summed E-state index contributed by atoms with van der Waals surface area (Å²) in [6, 6.07) is 0. The Hall–Kier alpha value is -2.50. The van der Waals surface area contributed by atoms with Crippen LogP contribution in [-0.4, -0.2) is 36.7 Å². The van der Waals surface area contributed by atoms with Crippen LogP contribution in [0.3, 0.4) is 0 Å². The van der Waals surface area contributed by atoms with E-state index in [2.05, 4.69) is 40.7 Å². The third-order valence-electron chi connectivity index (χ3n) is 18.9. The lowest BCUT2D eigenvalue weighted by Gasteiger charge is -2.61. The third kappa shape index (κ3) is 4.34. The molecule has 51 heavy (non-hydrogen) atoms. The fourth-order valence-electron chi connectivity index (χ4n) is 16.0. The molecule has 2 heterocycles. The molecule has 8 fully saturated rings. The summed E-state index contributed by atoms with van der Waals surface area (Å²) in [5, 5.41) is 0. The number of allylic oxidation sites excluding steroid dienone is 5. The number of cyclic esters (lactones) is 2. The van der Waals surface area contributed by atoms with Crippen LogP contribution >= 0.6 is 0 Å². The standard InChI is InChI=1S/C23H32O3.C22H28O3/c1-14-12-15-13-16(24)4-7-21(15,2)17-5-8-22(3)18(19(14)17)6-9-23(22)10-11-26-20(23)25;1-20-8-5-15(23)13-14(20)3-4-16-17(20)6-9-21(2)18(16)7-10-22(21)11-12-25-19(22)24/h13-14,17-19H,4-12H2,1-3H3;5,8,13,16-18H,3-4,6-7,9-12H2,1-2H3/t14-,17?,18?,19?,21?,22?,23+;16?,17?,18?,20?,21?,22-/m10/s1. The summed E-state index contributed by atoms with van der Waals surface area (Å²) in [6.45, 7) is 13.2. The number of carbonyl (C=O) groups excluding carboxylic acids is 4. The van der Waals surface area contributed by atoms with Crippen molar-refractivity contribution in [2.75, 3.05) is 13.2 Å². The number of ether oxygens (including phenoxy) is 2. The zero-order valence-electron chi connectivity index (χ0n) is 31.8. The second kappa shape index (κ2) is 11.3. The number of ketones is 2. The Morgan fingerprint density at radius 1 is 0.627 bits per heavy atom. The molecular weight excluding hydrogens is 636 g/mol. The Bertz CT molecular complexity index is 1670. The Labute approximate surface area is 305 Å². The molecule has 0 aromatic heterocycles. The fourth-order valence-corrected chi connectivity index (χ4v) is 16.0. The van der Waals surface area contributed by atoms with E-state index in [1.807, 2.05) is 12.2 Å². The monoisotopic (exact) mass is 696 g/mol. The van der Waals surface area contributed by atoms with E-state index in [1.165, 1.54) is 43.3 Å². The molecule has 0 aromatic carbocycles. The molecular formula is C45H60O6. The first-order chi connectivity index (χ1) is 24.2. The predicted octanol–water partition coefficient (Wildman–Crippen LogP) is 8.93. The summed E-state index contributed by atoms with van der Waals surface area (Å²) in [5.41, 5.74) is 2.82. The normalized spacial score (nSPS) is 52.0. The molecule has 6 nitrogen and oxygen atoms in total. The summed E-state index contributed by atoms with van der Waals surface area (Å²) in [4.78, 5) is 49.3. The van der Waals surface area contributed by atoms with Gasteiger partial charge in [-0.05, 0) is 166 Å². The lowest BCUT2D eigenvalue weighted by atomic mass is 9.43. The Balaban J connectivity index is 0.000000137. The molecule has 276 valence electrons. The number of hydrogen-bond donors (Lipinski definition) is 0. The first kappa shape index (κ1) is 34.3. The smallest absolute Gasteiger partial charge is 0.312 e. The zero-order valence-corrected chi connectivity index (χ0v) is 31.8. The van der Waals surface area contributed by atoms with E-state index in [1.54, 1.807) is 6.08 Å². The molecule has 0 amide bonds. The second-order valence-corrected chi connectivity index (χ2v) is 20.1. The van der Waals surface area contributed by atoms with Gasteiger partial charge >= 0.3 is 11.9 Å². The topological polar surface area (TPSA) is 86.7 Å². The number of carbonyl (C=O) groups is 4. The van der Waals surface area contributed by atoms with E-state index in [-0.39, 0.29) is 50.2 Å². The van der Waals surface area contributed by atoms with Gasteiger partial charge in [0, 0.05) is 11.8 Å². The molecule has 10 unspecified atom stereocenters. The van der Waals surface area contributed by atoms with Gasteiger partial charge in [0.25, 0.3) is 0 Å². The maximum atomic E-state index is 12.8. The highest BCUT2D eigenvalue weighted by Gasteiger charge is 2.70. The number of esters is 2. The summed E-state index contributed by atoms with van der Waals surface area (Å²) in [5.74, 6) is 5.20. The van der Waals surface area contributed by atoms with Gasteiger partial charge in [-0.3, -0.25) is 19.2 Å². The number of rotatable bonds is 0. The van der Waals surface area contributed by atoms with Crippen molar-refractivity contribution < 1.29 is 28.7 Å². The fraction of sp³-hybridized carbons (Fsp3) is 0.778. The van der Waals surface area contributed by atoms with Gasteiger partial charge in [0.05, 0.1) is 24.0 Å². The van der Waals surface area contributed by atoms with Crippen LogP contribution in [0.2, 0.25) is 0 Å². The van der Waals surface area contributed by atoms with Gasteiger partial charge in [0.2, 0.25) is 0 Å². The van der Waals surface area contributed by atoms with Crippen LogP contribution in [-0.2, 0) is 28.7 Å². The van der Waals surface area contributed by atoms with Crippen LogP contribution in [0.5, 0.6) is 0 Å². The molecule has 0 N–H and O–H groups in total. The van der Waals surface area contributed by atoms with Crippen molar-refractivity contribution in [2.45, 2.75) is 131 Å². The summed E-state index contributed by atoms with van der Waals surface area (Å²) >= 11 is 0. The van der Waals surface area contributed by atoms with Crippen LogP contribution in [0.25, 0.3) is 0 Å². The first-order valence-electron chi connectivity index (χ1n) is 20.8. The summed E-state index contributed by atoms with van der Waals surface area (Å²) in [7, 11) is 0. The molecule has 0 bridgehead atoms. The van der Waals surface area contributed by atoms with Crippen molar-refractivity contribution in [3.05, 3.63) is 35.5 Å². The van der Waals surface area contributed by atoms with Gasteiger partial charge in [-0.25, -0.2) is 0 Å². The molecule has 2 saturated heterocycles. The summed E-state index contributed by atoms with van der Waals surface area (Å²) in [6.07, 6.45) is 23.8. The van der Waals surface area contributed by atoms with Crippen LogP contribution in [0.1, 0.15) is 131 Å². The van der Waals surface area contributed by atoms with Crippen LogP contribution < -0.4 is 0 Å². The van der Waals surface area contributed by atoms with E-state index in [0.717, 1.165) is 64.2 Å². The highest BCUT2D eigenvalue weighted by molar-refractivity contribution is 6.01. The van der Waals surface area contributed by atoms with Crippen molar-refractivity contribution in [2.24, 2.45) is 73.9 Å². The van der Waals surface area contributed by atoms with Crippen LogP contribution in [0, 0.1) is 73.9 Å². The van der Waals surface area contributed by atoms with Crippen molar-refractivity contribution in [3.8, 4) is 0 Å². The Morgan fingerprint density at radius 3 is 1.88 bits per heavy atom. The van der Waals surface area contributed by atoms with Crippen molar-refractivity contribution in [1.29, 1.82) is 0 Å². The molecule has 10 rings (SSSR count). The first-order valence-corrected chi connectivity index (χ1v) is 20.8. The quantitative estimate of drug-likeness (QED) is 0.235. The Morgan fingerprint density at radius 2 is 1.24 bits per heavy atom.